The van der Waals surface area contributed by atoms with E-state index in [1.807, 2.05) is 37.3 Å². The third-order valence-electron chi connectivity index (χ3n) is 4.60. The molecule has 0 saturated carbocycles. The van der Waals surface area contributed by atoms with Crippen molar-refractivity contribution in [2.24, 2.45) is 10.2 Å². The summed E-state index contributed by atoms with van der Waals surface area (Å²) >= 11 is 1.27. The molecule has 0 bridgehead atoms. The number of aromatic nitrogens is 3. The molecule has 0 aliphatic heterocycles. The van der Waals surface area contributed by atoms with Crippen LogP contribution in [0.2, 0.25) is 0 Å². The van der Waals surface area contributed by atoms with Gasteiger partial charge in [0.2, 0.25) is 9.84 Å². The first kappa shape index (κ1) is 20.2. The van der Waals surface area contributed by atoms with E-state index in [9.17, 15) is 8.42 Å². The van der Waals surface area contributed by atoms with Gasteiger partial charge in [-0.25, -0.2) is 17.9 Å². The Balaban J connectivity index is 1.92. The fourth-order valence-corrected chi connectivity index (χ4v) is 5.53. The molecule has 0 N–H and O–H groups in total. The minimum atomic E-state index is -3.79. The van der Waals surface area contributed by atoms with Gasteiger partial charge in [-0.05, 0) is 44.4 Å². The number of benzene rings is 2. The van der Waals surface area contributed by atoms with Crippen molar-refractivity contribution in [3.05, 3.63) is 72.1 Å². The van der Waals surface area contributed by atoms with Crippen LogP contribution in [-0.4, -0.2) is 29.3 Å². The quantitative estimate of drug-likeness (QED) is 0.311. The highest BCUT2D eigenvalue weighted by Crippen LogP contribution is 2.35. The number of fused-ring (bicyclic) bond motifs is 1. The van der Waals surface area contributed by atoms with E-state index in [1.54, 1.807) is 43.5 Å². The highest BCUT2D eigenvalue weighted by molar-refractivity contribution is 7.99. The molecule has 0 aliphatic rings. The number of sulfone groups is 1. The standard InChI is InChI=1S/C21H19N5O2S2/c1-14-18(24-23-16-10-6-4-7-11-16)15(2)26-20(22-14)19(21(25-26)29-3)30(27,28)17-12-8-5-9-13-17/h4-13H,1-3H3/b24-23+. The Labute approximate surface area is 178 Å². The number of azo groups is 1. The fourth-order valence-electron chi connectivity index (χ4n) is 3.11. The molecule has 0 radical (unpaired) electrons. The van der Waals surface area contributed by atoms with Crippen molar-refractivity contribution in [2.75, 3.05) is 6.26 Å². The van der Waals surface area contributed by atoms with Gasteiger partial charge in [-0.15, -0.1) is 16.9 Å². The van der Waals surface area contributed by atoms with E-state index in [-0.39, 0.29) is 15.4 Å². The molecule has 4 rings (SSSR count). The first-order valence-electron chi connectivity index (χ1n) is 9.14. The van der Waals surface area contributed by atoms with Gasteiger partial charge in [-0.1, -0.05) is 36.4 Å². The Morgan fingerprint density at radius 1 is 0.933 bits per heavy atom. The second-order valence-electron chi connectivity index (χ2n) is 6.56. The van der Waals surface area contributed by atoms with Gasteiger partial charge in [0.15, 0.2) is 10.5 Å². The predicted molar refractivity (Wildman–Crippen MR) is 117 cm³/mol. The van der Waals surface area contributed by atoms with Crippen LogP contribution in [0.15, 0.2) is 85.7 Å². The van der Waals surface area contributed by atoms with Crippen LogP contribution in [0.4, 0.5) is 11.4 Å². The molecule has 7 nitrogen and oxygen atoms in total. The smallest absolute Gasteiger partial charge is 0.213 e. The first-order chi connectivity index (χ1) is 14.4. The van der Waals surface area contributed by atoms with Crippen molar-refractivity contribution in [3.8, 4) is 0 Å². The fraction of sp³-hybridized carbons (Fsp3) is 0.143. The summed E-state index contributed by atoms with van der Waals surface area (Å²) in [6, 6.07) is 17.7. The van der Waals surface area contributed by atoms with E-state index in [1.165, 1.54) is 16.3 Å². The minimum Gasteiger partial charge on any atom is -0.230 e. The predicted octanol–water partition coefficient (Wildman–Crippen LogP) is 5.32. The lowest BCUT2D eigenvalue weighted by Gasteiger charge is -2.07. The minimum absolute atomic E-state index is 0.110. The van der Waals surface area contributed by atoms with E-state index < -0.39 is 9.84 Å². The van der Waals surface area contributed by atoms with E-state index in [2.05, 4.69) is 20.3 Å². The monoisotopic (exact) mass is 437 g/mol. The lowest BCUT2D eigenvalue weighted by Crippen LogP contribution is -2.05. The molecular weight excluding hydrogens is 418 g/mol. The highest BCUT2D eigenvalue weighted by Gasteiger charge is 2.29. The molecule has 0 unspecified atom stereocenters. The van der Waals surface area contributed by atoms with Crippen molar-refractivity contribution in [2.45, 2.75) is 28.7 Å². The van der Waals surface area contributed by atoms with Gasteiger partial charge in [0.25, 0.3) is 0 Å². The molecule has 0 aliphatic carbocycles. The SMILES string of the molecule is CSc1nn2c(C)c(/N=N/c3ccccc3)c(C)nc2c1S(=O)(=O)c1ccccc1. The Morgan fingerprint density at radius 3 is 2.20 bits per heavy atom. The molecule has 0 atom stereocenters. The van der Waals surface area contributed by atoms with E-state index >= 15 is 0 Å². The normalized spacial score (nSPS) is 12.1. The van der Waals surface area contributed by atoms with Gasteiger partial charge >= 0.3 is 0 Å². The third-order valence-corrected chi connectivity index (χ3v) is 7.21. The summed E-state index contributed by atoms with van der Waals surface area (Å²) in [6.45, 7) is 3.62. The Morgan fingerprint density at radius 2 is 1.57 bits per heavy atom. The van der Waals surface area contributed by atoms with Gasteiger partial charge in [-0.2, -0.15) is 10.2 Å². The molecule has 0 fully saturated rings. The van der Waals surface area contributed by atoms with Crippen LogP contribution in [0.3, 0.4) is 0 Å². The maximum absolute atomic E-state index is 13.4. The summed E-state index contributed by atoms with van der Waals surface area (Å²) in [6.07, 6.45) is 1.80. The van der Waals surface area contributed by atoms with Gasteiger partial charge < -0.3 is 0 Å². The van der Waals surface area contributed by atoms with Crippen molar-refractivity contribution in [1.82, 2.24) is 14.6 Å². The van der Waals surface area contributed by atoms with Crippen molar-refractivity contribution < 1.29 is 8.42 Å². The molecule has 0 spiro atoms. The molecule has 2 aromatic carbocycles. The molecule has 30 heavy (non-hydrogen) atoms. The van der Waals surface area contributed by atoms with Crippen molar-refractivity contribution in [1.29, 1.82) is 0 Å². The zero-order chi connectivity index (χ0) is 21.3. The van der Waals surface area contributed by atoms with Gasteiger partial charge in [0.1, 0.15) is 10.7 Å². The molecule has 0 amide bonds. The maximum Gasteiger partial charge on any atom is 0.213 e. The Bertz CT molecular complexity index is 1350. The summed E-state index contributed by atoms with van der Waals surface area (Å²) in [7, 11) is -3.79. The molecule has 0 saturated heterocycles. The van der Waals surface area contributed by atoms with Crippen molar-refractivity contribution >= 4 is 38.6 Å². The van der Waals surface area contributed by atoms with Crippen LogP contribution in [0, 0.1) is 13.8 Å². The number of aryl methyl sites for hydroxylation is 2. The lowest BCUT2D eigenvalue weighted by atomic mass is 10.3. The van der Waals surface area contributed by atoms with E-state index in [0.717, 1.165) is 0 Å². The zero-order valence-electron chi connectivity index (χ0n) is 16.6. The molecule has 2 aromatic heterocycles. The Kier molecular flexibility index (Phi) is 5.40. The van der Waals surface area contributed by atoms with Crippen LogP contribution in [0.1, 0.15) is 11.4 Å². The molecule has 4 aromatic rings. The summed E-state index contributed by atoms with van der Waals surface area (Å²) in [5, 5.41) is 13.5. The summed E-state index contributed by atoms with van der Waals surface area (Å²) in [4.78, 5) is 4.88. The molecular formula is C21H19N5O2S2. The summed E-state index contributed by atoms with van der Waals surface area (Å²) < 4.78 is 28.3. The van der Waals surface area contributed by atoms with Crippen molar-refractivity contribution in [3.63, 3.8) is 0 Å². The summed E-state index contributed by atoms with van der Waals surface area (Å²) in [5.41, 5.74) is 2.81. The largest absolute Gasteiger partial charge is 0.230 e. The highest BCUT2D eigenvalue weighted by atomic mass is 32.2. The van der Waals surface area contributed by atoms with Gasteiger partial charge in [0.05, 0.1) is 22.0 Å². The number of rotatable bonds is 5. The van der Waals surface area contributed by atoms with Crippen LogP contribution >= 0.6 is 11.8 Å². The van der Waals surface area contributed by atoms with Gasteiger partial charge in [0, 0.05) is 0 Å². The van der Waals surface area contributed by atoms with Crippen LogP contribution < -0.4 is 0 Å². The Hall–Kier alpha value is -3.04. The lowest BCUT2D eigenvalue weighted by molar-refractivity contribution is 0.594. The topological polar surface area (TPSA) is 89.0 Å². The molecule has 2 heterocycles. The van der Waals surface area contributed by atoms with Crippen LogP contribution in [0.5, 0.6) is 0 Å². The van der Waals surface area contributed by atoms with E-state index in [4.69, 9.17) is 0 Å². The number of nitrogens with zero attached hydrogens (tertiary/aromatic N) is 5. The molecule has 9 heteroatoms. The number of hydrogen-bond acceptors (Lipinski definition) is 7. The number of thioether (sulfide) groups is 1. The maximum atomic E-state index is 13.4. The first-order valence-corrected chi connectivity index (χ1v) is 11.8. The van der Waals surface area contributed by atoms with E-state index in [0.29, 0.717) is 27.8 Å². The average molecular weight is 438 g/mol. The third kappa shape index (κ3) is 3.50. The van der Waals surface area contributed by atoms with Crippen LogP contribution in [-0.2, 0) is 9.84 Å². The summed E-state index contributed by atoms with van der Waals surface area (Å²) in [5.74, 6) is 0. The average Bonchev–Trinajstić information content (AvgIpc) is 3.14. The number of hydrogen-bond donors (Lipinski definition) is 0. The van der Waals surface area contributed by atoms with Crippen LogP contribution in [0.25, 0.3) is 5.65 Å². The zero-order valence-corrected chi connectivity index (χ0v) is 18.3. The second kappa shape index (κ2) is 8.00. The molecule has 152 valence electrons. The second-order valence-corrected chi connectivity index (χ2v) is 9.24. The van der Waals surface area contributed by atoms with Gasteiger partial charge in [-0.3, -0.25) is 0 Å².